The van der Waals surface area contributed by atoms with Gasteiger partial charge in [-0.3, -0.25) is 0 Å². The summed E-state index contributed by atoms with van der Waals surface area (Å²) in [5, 5.41) is 8.95. The quantitative estimate of drug-likeness (QED) is 0.666. The van der Waals surface area contributed by atoms with E-state index in [4.69, 9.17) is 5.26 Å². The van der Waals surface area contributed by atoms with Gasteiger partial charge in [0.05, 0.1) is 11.6 Å². The zero-order valence-corrected chi connectivity index (χ0v) is 11.6. The molecule has 0 fully saturated rings. The van der Waals surface area contributed by atoms with Gasteiger partial charge in [-0.2, -0.15) is 5.26 Å². The highest BCUT2D eigenvalue weighted by Gasteiger charge is 2.20. The van der Waals surface area contributed by atoms with Gasteiger partial charge in [0, 0.05) is 0 Å². The molecule has 0 spiro atoms. The van der Waals surface area contributed by atoms with Gasteiger partial charge < -0.3 is 0 Å². The van der Waals surface area contributed by atoms with Gasteiger partial charge in [0.2, 0.25) is 6.71 Å². The van der Waals surface area contributed by atoms with Crippen molar-refractivity contribution < 1.29 is 0 Å². The monoisotopic (exact) mass is 267 g/mol. The van der Waals surface area contributed by atoms with E-state index in [0.717, 1.165) is 0 Å². The van der Waals surface area contributed by atoms with E-state index in [1.165, 1.54) is 16.4 Å². The van der Waals surface area contributed by atoms with Crippen molar-refractivity contribution >= 4 is 23.1 Å². The molecule has 0 N–H and O–H groups in total. The van der Waals surface area contributed by atoms with Crippen LogP contribution in [0, 0.1) is 11.3 Å². The topological polar surface area (TPSA) is 23.8 Å². The summed E-state index contributed by atoms with van der Waals surface area (Å²) in [7, 11) is 0. The molecule has 98 valence electrons. The largest absolute Gasteiger partial charge is 0.241 e. The Morgan fingerprint density at radius 1 is 0.571 bits per heavy atom. The fraction of sp³-hybridized carbons (Fsp3) is 0. The van der Waals surface area contributed by atoms with Gasteiger partial charge in [0.25, 0.3) is 0 Å². The molecule has 21 heavy (non-hydrogen) atoms. The lowest BCUT2D eigenvalue weighted by molar-refractivity contribution is 1.49. The summed E-state index contributed by atoms with van der Waals surface area (Å²) in [6.07, 6.45) is 0. The summed E-state index contributed by atoms with van der Waals surface area (Å²) >= 11 is 0. The first kappa shape index (κ1) is 13.2. The molecule has 3 rings (SSSR count). The van der Waals surface area contributed by atoms with Crippen molar-refractivity contribution in [2.45, 2.75) is 0 Å². The Kier molecular flexibility index (Phi) is 3.84. The Balaban J connectivity index is 2.10. The molecule has 0 aromatic heterocycles. The molecule has 0 aliphatic rings. The molecule has 0 heterocycles. The van der Waals surface area contributed by atoms with Crippen molar-refractivity contribution in [2.24, 2.45) is 0 Å². The molecule has 0 amide bonds. The van der Waals surface area contributed by atoms with Crippen LogP contribution in [0.2, 0.25) is 0 Å². The van der Waals surface area contributed by atoms with Gasteiger partial charge in [0.1, 0.15) is 0 Å². The van der Waals surface area contributed by atoms with Crippen molar-refractivity contribution in [3.8, 4) is 6.07 Å². The summed E-state index contributed by atoms with van der Waals surface area (Å²) in [5.41, 5.74) is 4.41. The van der Waals surface area contributed by atoms with E-state index in [1.54, 1.807) is 0 Å². The first-order chi connectivity index (χ1) is 10.4. The molecular weight excluding hydrogens is 253 g/mol. The minimum absolute atomic E-state index is 0.195. The fourth-order valence-electron chi connectivity index (χ4n) is 2.62. The van der Waals surface area contributed by atoms with Crippen LogP contribution in [0.1, 0.15) is 5.56 Å². The van der Waals surface area contributed by atoms with Gasteiger partial charge in [-0.15, -0.1) is 0 Å². The maximum absolute atomic E-state index is 8.95. The minimum Gasteiger partial charge on any atom is -0.192 e. The lowest BCUT2D eigenvalue weighted by Crippen LogP contribution is -2.51. The van der Waals surface area contributed by atoms with Crippen LogP contribution in [0.3, 0.4) is 0 Å². The normalized spacial score (nSPS) is 9.86. The molecular formula is C19H14BN. The minimum atomic E-state index is 0.195. The number of hydrogen-bond acceptors (Lipinski definition) is 1. The van der Waals surface area contributed by atoms with Crippen molar-refractivity contribution in [1.82, 2.24) is 0 Å². The summed E-state index contributed by atoms with van der Waals surface area (Å²) in [5.74, 6) is 0. The van der Waals surface area contributed by atoms with E-state index in [1.807, 2.05) is 36.4 Å². The Morgan fingerprint density at radius 3 is 1.43 bits per heavy atom. The van der Waals surface area contributed by atoms with E-state index in [-0.39, 0.29) is 6.71 Å². The zero-order chi connectivity index (χ0) is 14.5. The van der Waals surface area contributed by atoms with Gasteiger partial charge >= 0.3 is 0 Å². The first-order valence-corrected chi connectivity index (χ1v) is 6.98. The third kappa shape index (κ3) is 2.88. The smallest absolute Gasteiger partial charge is 0.192 e. The zero-order valence-electron chi connectivity index (χ0n) is 11.6. The highest BCUT2D eigenvalue weighted by atomic mass is 14.2. The van der Waals surface area contributed by atoms with Gasteiger partial charge in [-0.25, -0.2) is 0 Å². The molecule has 0 saturated heterocycles. The summed E-state index contributed by atoms with van der Waals surface area (Å²) in [6, 6.07) is 30.9. The van der Waals surface area contributed by atoms with E-state index in [9.17, 15) is 0 Å². The van der Waals surface area contributed by atoms with Crippen molar-refractivity contribution in [3.63, 3.8) is 0 Å². The van der Waals surface area contributed by atoms with Crippen LogP contribution in [0.5, 0.6) is 0 Å². The van der Waals surface area contributed by atoms with E-state index < -0.39 is 0 Å². The van der Waals surface area contributed by atoms with Gasteiger partial charge in [-0.1, -0.05) is 89.2 Å². The molecule has 2 heteroatoms. The van der Waals surface area contributed by atoms with Gasteiger partial charge in [-0.05, 0) is 12.1 Å². The van der Waals surface area contributed by atoms with Crippen LogP contribution in [0.25, 0.3) is 0 Å². The highest BCUT2D eigenvalue weighted by Crippen LogP contribution is 1.98. The highest BCUT2D eigenvalue weighted by molar-refractivity contribution is 6.95. The van der Waals surface area contributed by atoms with E-state index in [0.29, 0.717) is 5.56 Å². The third-order valence-corrected chi connectivity index (χ3v) is 3.64. The Labute approximate surface area is 125 Å². The molecule has 0 radical (unpaired) electrons. The summed E-state index contributed by atoms with van der Waals surface area (Å²) < 4.78 is 0. The number of nitrogens with zero attached hydrogens (tertiary/aromatic N) is 1. The van der Waals surface area contributed by atoms with Crippen LogP contribution in [0.4, 0.5) is 0 Å². The average molecular weight is 267 g/mol. The predicted molar refractivity (Wildman–Crippen MR) is 88.7 cm³/mol. The maximum atomic E-state index is 8.95. The molecule has 0 bridgehead atoms. The number of hydrogen-bond donors (Lipinski definition) is 0. The van der Waals surface area contributed by atoms with E-state index >= 15 is 0 Å². The van der Waals surface area contributed by atoms with Crippen LogP contribution >= 0.6 is 0 Å². The molecule has 3 aromatic rings. The van der Waals surface area contributed by atoms with Crippen LogP contribution < -0.4 is 16.4 Å². The lowest BCUT2D eigenvalue weighted by Gasteiger charge is -2.15. The van der Waals surface area contributed by atoms with E-state index in [2.05, 4.69) is 54.6 Å². The second kappa shape index (κ2) is 6.11. The van der Waals surface area contributed by atoms with Crippen LogP contribution in [0.15, 0.2) is 84.9 Å². The summed E-state index contributed by atoms with van der Waals surface area (Å²) in [6.45, 7) is 0.195. The molecule has 3 aromatic carbocycles. The molecule has 0 aliphatic carbocycles. The molecule has 0 unspecified atom stereocenters. The first-order valence-electron chi connectivity index (χ1n) is 6.98. The Morgan fingerprint density at radius 2 is 1.00 bits per heavy atom. The third-order valence-electron chi connectivity index (χ3n) is 3.64. The Bertz CT molecular complexity index is 704. The lowest BCUT2D eigenvalue weighted by atomic mass is 9.37. The second-order valence-electron chi connectivity index (χ2n) is 4.99. The van der Waals surface area contributed by atoms with Crippen LogP contribution in [-0.4, -0.2) is 6.71 Å². The van der Waals surface area contributed by atoms with Crippen molar-refractivity contribution in [1.29, 1.82) is 5.26 Å². The second-order valence-corrected chi connectivity index (χ2v) is 4.99. The molecule has 0 aliphatic heterocycles. The fourth-order valence-corrected chi connectivity index (χ4v) is 2.62. The maximum Gasteiger partial charge on any atom is 0.241 e. The standard InChI is InChI=1S/C19H14BN/c21-15-16-11-13-19(14-12-16)20(17-7-3-1-4-8-17)18-9-5-2-6-10-18/h1-14H. The molecule has 1 nitrogen and oxygen atoms in total. The van der Waals surface area contributed by atoms with Crippen LogP contribution in [-0.2, 0) is 0 Å². The SMILES string of the molecule is N#Cc1ccc(B(c2ccccc2)c2ccccc2)cc1. The summed E-state index contributed by atoms with van der Waals surface area (Å²) in [4.78, 5) is 0. The number of nitriles is 1. The predicted octanol–water partition coefficient (Wildman–Crippen LogP) is 2.07. The van der Waals surface area contributed by atoms with Crippen molar-refractivity contribution in [3.05, 3.63) is 90.5 Å². The average Bonchev–Trinajstić information content (AvgIpc) is 2.58. The number of rotatable bonds is 3. The van der Waals surface area contributed by atoms with Gasteiger partial charge in [0.15, 0.2) is 0 Å². The molecule has 0 saturated carbocycles. The Hall–Kier alpha value is -2.79. The molecule has 0 atom stereocenters. The number of benzene rings is 3. The van der Waals surface area contributed by atoms with Crippen molar-refractivity contribution in [2.75, 3.05) is 0 Å².